The van der Waals surface area contributed by atoms with Crippen LogP contribution in [0.25, 0.3) is 0 Å². The van der Waals surface area contributed by atoms with Crippen LogP contribution < -0.4 is 5.11 Å². The van der Waals surface area contributed by atoms with Gasteiger partial charge in [-0.2, -0.15) is 0 Å². The summed E-state index contributed by atoms with van der Waals surface area (Å²) in [6.07, 6.45) is 0. The van der Waals surface area contributed by atoms with E-state index in [4.69, 9.17) is 23.2 Å². The average Bonchev–Trinajstić information content (AvgIpc) is 2.08. The molecule has 64 valence electrons. The predicted octanol–water partition coefficient (Wildman–Crippen LogP) is 1.73. The van der Waals surface area contributed by atoms with Crippen molar-refractivity contribution in [3.63, 3.8) is 0 Å². The Balaban J connectivity index is 3.13. The Morgan fingerprint density at radius 3 is 2.50 bits per heavy atom. The minimum atomic E-state index is -0.298. The van der Waals surface area contributed by atoms with Crippen molar-refractivity contribution in [2.75, 3.05) is 7.05 Å². The third kappa shape index (κ3) is 1.90. The molecule has 0 amide bonds. The smallest absolute Gasteiger partial charge is 0.0598 e. The van der Waals surface area contributed by atoms with Crippen molar-refractivity contribution in [1.82, 2.24) is 0 Å². The summed E-state index contributed by atoms with van der Waals surface area (Å²) in [6, 6.07) is 4.66. The number of hydrogen-bond acceptors (Lipinski definition) is 2. The van der Waals surface area contributed by atoms with E-state index >= 15 is 0 Å². The van der Waals surface area contributed by atoms with Gasteiger partial charge in [-0.15, -0.1) is 0 Å². The van der Waals surface area contributed by atoms with E-state index in [0.717, 1.165) is 0 Å². The third-order valence-corrected chi connectivity index (χ3v) is 2.11. The monoisotopic (exact) mass is 202 g/mol. The van der Waals surface area contributed by atoms with Gasteiger partial charge in [0.25, 0.3) is 0 Å². The molecule has 0 aliphatic carbocycles. The molecule has 12 heavy (non-hydrogen) atoms. The van der Waals surface area contributed by atoms with Crippen LogP contribution in [-0.2, 0) is 0 Å². The summed E-state index contributed by atoms with van der Waals surface area (Å²) in [4.78, 5) is 3.49. The van der Waals surface area contributed by atoms with Crippen LogP contribution in [0.5, 0.6) is 0 Å². The van der Waals surface area contributed by atoms with Gasteiger partial charge in [0.15, 0.2) is 0 Å². The minimum absolute atomic E-state index is 0.298. The Bertz CT molecular complexity index is 323. The first-order chi connectivity index (χ1) is 5.65. The second kappa shape index (κ2) is 3.78. The van der Waals surface area contributed by atoms with Crippen molar-refractivity contribution in [1.29, 1.82) is 0 Å². The highest BCUT2D eigenvalue weighted by Crippen LogP contribution is 2.22. The summed E-state index contributed by atoms with van der Waals surface area (Å²) in [5.74, 6) is -0.298. The van der Waals surface area contributed by atoms with Crippen molar-refractivity contribution in [2.45, 2.75) is 0 Å². The van der Waals surface area contributed by atoms with Crippen LogP contribution in [0.15, 0.2) is 23.2 Å². The number of halogens is 2. The minimum Gasteiger partial charge on any atom is -0.859 e. The quantitative estimate of drug-likeness (QED) is 0.505. The molecule has 0 saturated carbocycles. The maximum atomic E-state index is 11.0. The van der Waals surface area contributed by atoms with Gasteiger partial charge in [-0.1, -0.05) is 29.3 Å². The van der Waals surface area contributed by atoms with Crippen LogP contribution in [0.1, 0.15) is 5.56 Å². The van der Waals surface area contributed by atoms with Crippen LogP contribution in [0.4, 0.5) is 0 Å². The zero-order valence-corrected chi connectivity index (χ0v) is 7.86. The Kier molecular flexibility index (Phi) is 2.95. The van der Waals surface area contributed by atoms with Crippen LogP contribution in [0, 0.1) is 0 Å². The second-order valence-corrected chi connectivity index (χ2v) is 2.97. The predicted molar refractivity (Wildman–Crippen MR) is 48.9 cm³/mol. The topological polar surface area (TPSA) is 35.4 Å². The number of hydrogen-bond donors (Lipinski definition) is 0. The maximum Gasteiger partial charge on any atom is 0.0598 e. The SMILES string of the molecule is CN=C([O-])c1ccc(Cl)c(Cl)c1. The summed E-state index contributed by atoms with van der Waals surface area (Å²) in [7, 11) is 1.44. The molecule has 4 heteroatoms. The van der Waals surface area contributed by atoms with Crippen LogP contribution >= 0.6 is 23.2 Å². The first-order valence-electron chi connectivity index (χ1n) is 3.24. The normalized spacial score (nSPS) is 11.8. The highest BCUT2D eigenvalue weighted by Gasteiger charge is 1.98. The largest absolute Gasteiger partial charge is 0.859 e. The molecule has 0 aliphatic rings. The van der Waals surface area contributed by atoms with E-state index in [1.165, 1.54) is 13.1 Å². The number of rotatable bonds is 1. The Labute approximate surface area is 80.5 Å². The Morgan fingerprint density at radius 2 is 2.00 bits per heavy atom. The van der Waals surface area contributed by atoms with E-state index < -0.39 is 0 Å². The van der Waals surface area contributed by atoms with Gasteiger partial charge in [0, 0.05) is 7.05 Å². The van der Waals surface area contributed by atoms with E-state index in [0.29, 0.717) is 15.6 Å². The standard InChI is InChI=1S/C8H7Cl2NO/c1-11-8(12)5-2-3-6(9)7(10)4-5/h2-4H,1H3,(H,11,12)/p-1. The molecule has 0 saturated heterocycles. The zero-order valence-electron chi connectivity index (χ0n) is 6.34. The lowest BCUT2D eigenvalue weighted by Crippen LogP contribution is -2.18. The van der Waals surface area contributed by atoms with Gasteiger partial charge in [-0.3, -0.25) is 0 Å². The number of nitrogens with zero attached hydrogens (tertiary/aromatic N) is 1. The molecule has 0 fully saturated rings. The van der Waals surface area contributed by atoms with Gasteiger partial charge < -0.3 is 10.1 Å². The van der Waals surface area contributed by atoms with Crippen molar-refractivity contribution in [3.05, 3.63) is 33.8 Å². The summed E-state index contributed by atoms with van der Waals surface area (Å²) in [6.45, 7) is 0. The molecule has 1 aromatic rings. The lowest BCUT2D eigenvalue weighted by molar-refractivity contribution is -0.213. The van der Waals surface area contributed by atoms with E-state index in [9.17, 15) is 5.11 Å². The highest BCUT2D eigenvalue weighted by atomic mass is 35.5. The maximum absolute atomic E-state index is 11.0. The molecule has 0 radical (unpaired) electrons. The average molecular weight is 203 g/mol. The van der Waals surface area contributed by atoms with Crippen LogP contribution in [0.3, 0.4) is 0 Å². The van der Waals surface area contributed by atoms with Gasteiger partial charge in [0.1, 0.15) is 0 Å². The fraction of sp³-hybridized carbons (Fsp3) is 0.125. The molecule has 2 nitrogen and oxygen atoms in total. The fourth-order valence-electron chi connectivity index (χ4n) is 0.758. The van der Waals surface area contributed by atoms with E-state index in [1.807, 2.05) is 0 Å². The van der Waals surface area contributed by atoms with Gasteiger partial charge in [0.05, 0.1) is 10.0 Å². The van der Waals surface area contributed by atoms with Crippen molar-refractivity contribution < 1.29 is 5.11 Å². The molecule has 1 aromatic carbocycles. The Hall–Kier alpha value is -0.730. The van der Waals surface area contributed by atoms with E-state index in [-0.39, 0.29) is 5.90 Å². The van der Waals surface area contributed by atoms with Crippen molar-refractivity contribution >= 4 is 29.1 Å². The molecular weight excluding hydrogens is 197 g/mol. The molecule has 0 spiro atoms. The molecule has 0 aromatic heterocycles. The molecule has 0 aliphatic heterocycles. The highest BCUT2D eigenvalue weighted by molar-refractivity contribution is 6.42. The summed E-state index contributed by atoms with van der Waals surface area (Å²) < 4.78 is 0. The summed E-state index contributed by atoms with van der Waals surface area (Å²) in [5, 5.41) is 11.8. The molecule has 1 rings (SSSR count). The van der Waals surface area contributed by atoms with E-state index in [1.54, 1.807) is 12.1 Å². The van der Waals surface area contributed by atoms with E-state index in [2.05, 4.69) is 4.99 Å². The fourth-order valence-corrected chi connectivity index (χ4v) is 1.06. The van der Waals surface area contributed by atoms with Gasteiger partial charge in [-0.25, -0.2) is 0 Å². The van der Waals surface area contributed by atoms with Gasteiger partial charge >= 0.3 is 0 Å². The summed E-state index contributed by atoms with van der Waals surface area (Å²) >= 11 is 11.3. The third-order valence-electron chi connectivity index (χ3n) is 1.37. The first-order valence-corrected chi connectivity index (χ1v) is 4.00. The van der Waals surface area contributed by atoms with Gasteiger partial charge in [0.2, 0.25) is 0 Å². The second-order valence-electron chi connectivity index (χ2n) is 2.16. The molecule has 0 atom stereocenters. The van der Waals surface area contributed by atoms with Gasteiger partial charge in [-0.05, 0) is 23.6 Å². The molecule has 0 unspecified atom stereocenters. The zero-order chi connectivity index (χ0) is 9.14. The first kappa shape index (κ1) is 9.36. The molecule has 0 heterocycles. The van der Waals surface area contributed by atoms with Crippen LogP contribution in [0.2, 0.25) is 10.0 Å². The number of aliphatic imine (C=N–C) groups is 1. The van der Waals surface area contributed by atoms with Crippen LogP contribution in [-0.4, -0.2) is 12.9 Å². The Morgan fingerprint density at radius 1 is 1.33 bits per heavy atom. The summed E-state index contributed by atoms with van der Waals surface area (Å²) in [5.41, 5.74) is 0.451. The number of benzene rings is 1. The lowest BCUT2D eigenvalue weighted by Gasteiger charge is -2.09. The van der Waals surface area contributed by atoms with Crippen molar-refractivity contribution in [2.24, 2.45) is 4.99 Å². The molecule has 0 bridgehead atoms. The molecular formula is C8H6Cl2NO-. The van der Waals surface area contributed by atoms with Crippen molar-refractivity contribution in [3.8, 4) is 0 Å². The molecule has 0 N–H and O–H groups in total. The lowest BCUT2D eigenvalue weighted by atomic mass is 10.2.